The van der Waals surface area contributed by atoms with Crippen molar-refractivity contribution < 1.29 is 28.9 Å². The smallest absolute Gasteiger partial charge is 0.295 e. The third kappa shape index (κ3) is 7.19. The number of carbonyl (C=O) groups excluding carboxylic acids is 2. The van der Waals surface area contributed by atoms with Crippen LogP contribution in [0.4, 0.5) is 0 Å². The molecule has 2 saturated heterocycles. The molecule has 1 unspecified atom stereocenters. The molecule has 1 N–H and O–H groups in total. The molecule has 39 heavy (non-hydrogen) atoms. The molecule has 210 valence electrons. The lowest BCUT2D eigenvalue weighted by Crippen LogP contribution is -2.42. The number of benzene rings is 2. The number of aliphatic hydroxyl groups is 1. The summed E-state index contributed by atoms with van der Waals surface area (Å²) < 4.78 is 17.1. The number of morpholine rings is 1. The van der Waals surface area contributed by atoms with E-state index in [9.17, 15) is 14.7 Å². The van der Waals surface area contributed by atoms with Crippen LogP contribution in [0, 0.1) is 5.92 Å². The molecule has 0 radical (unpaired) electrons. The molecular weight excluding hydrogens is 496 g/mol. The van der Waals surface area contributed by atoms with Crippen LogP contribution >= 0.6 is 0 Å². The zero-order valence-electron chi connectivity index (χ0n) is 23.2. The van der Waals surface area contributed by atoms with Gasteiger partial charge in [0.25, 0.3) is 11.7 Å². The highest BCUT2D eigenvalue weighted by Crippen LogP contribution is 2.40. The van der Waals surface area contributed by atoms with Gasteiger partial charge in [-0.25, -0.2) is 0 Å². The first-order valence-corrected chi connectivity index (χ1v) is 13.9. The van der Waals surface area contributed by atoms with Gasteiger partial charge < -0.3 is 24.2 Å². The minimum Gasteiger partial charge on any atom is -0.507 e. The molecule has 2 aromatic rings. The first kappa shape index (κ1) is 28.6. The van der Waals surface area contributed by atoms with Crippen LogP contribution < -0.4 is 9.47 Å². The zero-order chi connectivity index (χ0) is 27.8. The largest absolute Gasteiger partial charge is 0.507 e. The number of hydrogen-bond donors (Lipinski definition) is 1. The highest BCUT2D eigenvalue weighted by atomic mass is 16.5. The van der Waals surface area contributed by atoms with Gasteiger partial charge >= 0.3 is 0 Å². The second-order valence-corrected chi connectivity index (χ2v) is 10.4. The van der Waals surface area contributed by atoms with E-state index in [2.05, 4.69) is 18.7 Å². The summed E-state index contributed by atoms with van der Waals surface area (Å²) in [7, 11) is 0. The predicted octanol–water partition coefficient (Wildman–Crippen LogP) is 4.65. The van der Waals surface area contributed by atoms with Crippen LogP contribution in [0.3, 0.4) is 0 Å². The average Bonchev–Trinajstić information content (AvgIpc) is 3.20. The Morgan fingerprint density at radius 1 is 1.00 bits per heavy atom. The van der Waals surface area contributed by atoms with Crippen molar-refractivity contribution in [1.29, 1.82) is 0 Å². The Morgan fingerprint density at radius 2 is 1.72 bits per heavy atom. The fourth-order valence-electron chi connectivity index (χ4n) is 4.80. The minimum atomic E-state index is -0.726. The molecule has 2 aliphatic rings. The third-order valence-electron chi connectivity index (χ3n) is 7.04. The van der Waals surface area contributed by atoms with Crippen molar-refractivity contribution in [3.8, 4) is 11.5 Å². The Kier molecular flexibility index (Phi) is 10.0. The van der Waals surface area contributed by atoms with Gasteiger partial charge in [-0.2, -0.15) is 0 Å². The van der Waals surface area contributed by atoms with Gasteiger partial charge in [-0.15, -0.1) is 0 Å². The van der Waals surface area contributed by atoms with Crippen molar-refractivity contribution in [2.75, 3.05) is 52.6 Å². The molecule has 0 aliphatic carbocycles. The Hall–Kier alpha value is -3.36. The number of carbonyl (C=O) groups is 2. The molecule has 2 fully saturated rings. The molecule has 0 aromatic heterocycles. The van der Waals surface area contributed by atoms with Crippen molar-refractivity contribution in [2.45, 2.75) is 39.7 Å². The van der Waals surface area contributed by atoms with E-state index < -0.39 is 17.7 Å². The molecule has 0 bridgehead atoms. The molecule has 4 rings (SSSR count). The maximum Gasteiger partial charge on any atom is 0.295 e. The van der Waals surface area contributed by atoms with E-state index in [-0.39, 0.29) is 11.3 Å². The molecule has 0 saturated carbocycles. The molecular formula is C31H40N2O6. The predicted molar refractivity (Wildman–Crippen MR) is 150 cm³/mol. The number of rotatable bonds is 12. The number of nitrogens with zero attached hydrogens (tertiary/aromatic N) is 2. The van der Waals surface area contributed by atoms with Gasteiger partial charge in [0.05, 0.1) is 38.0 Å². The van der Waals surface area contributed by atoms with Crippen LogP contribution in [0.25, 0.3) is 5.76 Å². The Morgan fingerprint density at radius 3 is 2.41 bits per heavy atom. The monoisotopic (exact) mass is 536 g/mol. The highest BCUT2D eigenvalue weighted by Gasteiger charge is 2.46. The molecule has 2 aromatic carbocycles. The van der Waals surface area contributed by atoms with Crippen molar-refractivity contribution in [3.05, 3.63) is 65.2 Å². The van der Waals surface area contributed by atoms with Gasteiger partial charge in [-0.05, 0) is 60.7 Å². The van der Waals surface area contributed by atoms with E-state index in [1.165, 1.54) is 0 Å². The van der Waals surface area contributed by atoms with Crippen LogP contribution in [0.15, 0.2) is 54.1 Å². The Labute approximate surface area is 231 Å². The van der Waals surface area contributed by atoms with Gasteiger partial charge in [-0.3, -0.25) is 14.5 Å². The topological polar surface area (TPSA) is 88.5 Å². The fourth-order valence-corrected chi connectivity index (χ4v) is 4.80. The fraction of sp³-hybridized carbons (Fsp3) is 0.484. The van der Waals surface area contributed by atoms with Crippen molar-refractivity contribution in [3.63, 3.8) is 0 Å². The number of likely N-dealkylation sites (tertiary alicyclic amines) is 1. The lowest BCUT2D eigenvalue weighted by molar-refractivity contribution is -0.140. The maximum atomic E-state index is 13.4. The zero-order valence-corrected chi connectivity index (χ0v) is 23.2. The van der Waals surface area contributed by atoms with E-state index in [1.807, 2.05) is 31.2 Å². The lowest BCUT2D eigenvalue weighted by Gasteiger charge is -2.31. The van der Waals surface area contributed by atoms with Crippen LogP contribution in [-0.2, 0) is 14.3 Å². The number of hydrogen-bond acceptors (Lipinski definition) is 7. The average molecular weight is 537 g/mol. The summed E-state index contributed by atoms with van der Waals surface area (Å²) in [5.41, 5.74) is 1.27. The van der Waals surface area contributed by atoms with Gasteiger partial charge in [0.1, 0.15) is 17.3 Å². The number of Topliss-reactive ketones (excluding diaryl/α,β-unsaturated/α-hetero) is 1. The standard InChI is InChI=1S/C31H40N2O6/c1-4-17-38-25-10-8-23(9-11-25)29(34)27-28(24-6-5-7-26(21-24)39-18-12-22(2)3)33(31(36)30(27)35)14-13-32-15-19-37-20-16-32/h5-11,21-22,28,34H,4,12-20H2,1-3H3. The summed E-state index contributed by atoms with van der Waals surface area (Å²) in [6.45, 7) is 11.3. The molecule has 2 heterocycles. The third-order valence-corrected chi connectivity index (χ3v) is 7.04. The first-order chi connectivity index (χ1) is 18.9. The maximum absolute atomic E-state index is 13.4. The molecule has 1 atom stereocenters. The van der Waals surface area contributed by atoms with E-state index in [0.29, 0.717) is 62.5 Å². The van der Waals surface area contributed by atoms with Crippen molar-refractivity contribution in [2.24, 2.45) is 5.92 Å². The summed E-state index contributed by atoms with van der Waals surface area (Å²) in [6.07, 6.45) is 1.80. The summed E-state index contributed by atoms with van der Waals surface area (Å²) in [4.78, 5) is 30.6. The number of amides is 1. The molecule has 8 heteroatoms. The Balaban J connectivity index is 1.67. The van der Waals surface area contributed by atoms with Crippen LogP contribution in [-0.4, -0.2) is 79.2 Å². The molecule has 0 spiro atoms. The van der Waals surface area contributed by atoms with Gasteiger partial charge in [-0.1, -0.05) is 32.9 Å². The molecule has 2 aliphatic heterocycles. The summed E-state index contributed by atoms with van der Waals surface area (Å²) in [5.74, 6) is 0.381. The quantitative estimate of drug-likeness (QED) is 0.240. The lowest BCUT2D eigenvalue weighted by atomic mass is 9.95. The normalized spacial score (nSPS) is 19.6. The van der Waals surface area contributed by atoms with E-state index in [4.69, 9.17) is 14.2 Å². The van der Waals surface area contributed by atoms with E-state index in [1.54, 1.807) is 29.2 Å². The number of aliphatic hydroxyl groups excluding tert-OH is 1. The summed E-state index contributed by atoms with van der Waals surface area (Å²) in [6, 6.07) is 13.7. The first-order valence-electron chi connectivity index (χ1n) is 13.9. The van der Waals surface area contributed by atoms with Crippen LogP contribution in [0.1, 0.15) is 50.8 Å². The SMILES string of the molecule is CCCOc1ccc(C(O)=C2C(=O)C(=O)N(CCN3CCOCC3)C2c2cccc(OCCC(C)C)c2)cc1. The van der Waals surface area contributed by atoms with Gasteiger partial charge in [0.2, 0.25) is 0 Å². The number of ketones is 1. The molecule has 8 nitrogen and oxygen atoms in total. The van der Waals surface area contributed by atoms with Gasteiger partial charge in [0, 0.05) is 31.7 Å². The van der Waals surface area contributed by atoms with Crippen LogP contribution in [0.5, 0.6) is 11.5 Å². The highest BCUT2D eigenvalue weighted by molar-refractivity contribution is 6.46. The van der Waals surface area contributed by atoms with Gasteiger partial charge in [0.15, 0.2) is 0 Å². The summed E-state index contributed by atoms with van der Waals surface area (Å²) in [5, 5.41) is 11.4. The van der Waals surface area contributed by atoms with Crippen molar-refractivity contribution >= 4 is 17.4 Å². The number of ether oxygens (including phenoxy) is 3. The van der Waals surface area contributed by atoms with Crippen molar-refractivity contribution in [1.82, 2.24) is 9.80 Å². The van der Waals surface area contributed by atoms with E-state index in [0.717, 1.165) is 31.5 Å². The second-order valence-electron chi connectivity index (χ2n) is 10.4. The van der Waals surface area contributed by atoms with E-state index >= 15 is 0 Å². The Bertz CT molecular complexity index is 1150. The summed E-state index contributed by atoms with van der Waals surface area (Å²) >= 11 is 0. The minimum absolute atomic E-state index is 0.0866. The molecule has 1 amide bonds. The van der Waals surface area contributed by atoms with Crippen LogP contribution in [0.2, 0.25) is 0 Å². The second kappa shape index (κ2) is 13.6.